The van der Waals surface area contributed by atoms with Gasteiger partial charge in [-0.15, -0.1) is 29.5 Å². The summed E-state index contributed by atoms with van der Waals surface area (Å²) in [5.74, 6) is 4.80. The normalized spacial score (nSPS) is 17.9. The first-order valence-corrected chi connectivity index (χ1v) is 23.5. The van der Waals surface area contributed by atoms with Gasteiger partial charge in [-0.1, -0.05) is 133 Å². The van der Waals surface area contributed by atoms with Crippen molar-refractivity contribution in [2.45, 2.75) is 137 Å². The predicted molar refractivity (Wildman–Crippen MR) is 245 cm³/mol. The van der Waals surface area contributed by atoms with Gasteiger partial charge in [0.2, 0.25) is 0 Å². The van der Waals surface area contributed by atoms with Crippen molar-refractivity contribution in [2.24, 2.45) is 23.7 Å². The van der Waals surface area contributed by atoms with Crippen molar-refractivity contribution in [1.29, 1.82) is 0 Å². The third-order valence-corrected chi connectivity index (χ3v) is 15.4. The Labute approximate surface area is 345 Å². The monoisotopic (exact) mass is 870 g/mol. The van der Waals surface area contributed by atoms with Gasteiger partial charge in [0, 0.05) is 9.79 Å². The fourth-order valence-corrected chi connectivity index (χ4v) is 12.4. The second kappa shape index (κ2) is 26.6. The van der Waals surface area contributed by atoms with Crippen LogP contribution < -0.4 is 4.74 Å². The van der Waals surface area contributed by atoms with Crippen molar-refractivity contribution in [3.8, 4) is 18.6 Å². The van der Waals surface area contributed by atoms with E-state index in [4.69, 9.17) is 9.47 Å². The Bertz CT molecular complexity index is 1470. The first kappa shape index (κ1) is 48.9. The van der Waals surface area contributed by atoms with E-state index in [9.17, 15) is 0 Å². The Kier molecular flexibility index (Phi) is 24.6. The number of benzene rings is 2. The molecule has 0 bridgehead atoms. The molecule has 0 radical (unpaired) electrons. The van der Waals surface area contributed by atoms with Gasteiger partial charge in [0.25, 0.3) is 0 Å². The van der Waals surface area contributed by atoms with Crippen molar-refractivity contribution in [3.63, 3.8) is 0 Å². The highest BCUT2D eigenvalue weighted by Crippen LogP contribution is 2.79. The van der Waals surface area contributed by atoms with Crippen LogP contribution >= 0.6 is 41.9 Å². The molecule has 3 rings (SSSR count). The number of alkyl halides is 1. The maximum absolute atomic E-state index is 6.56. The molecule has 3 atom stereocenters. The minimum absolute atomic E-state index is 0.658. The standard InChI is InChI=1S/C43H64Br2O2S.C3H6.C2H2/c1-10-37(11-2)48(38-21-13-12-14-22-38)35(9)39(27-36(30-44)46-25-23-33(7)19-15-17-31(3)4)40-28-42(41(45)29-43(40)48)47-26-24-34(8)20-16-18-32(5)6;1-3-2;1-2/h10,12-14,21-22,27-29,31-34H,11,15-20,23-26,30H2,1-9H3;3H,1H2,2H3;1-2H/b36-27+,37-10+;;. The number of terminal acetylenes is 1. The lowest BCUT2D eigenvalue weighted by Gasteiger charge is -2.42. The number of hydrogen-bond donors (Lipinski definition) is 0. The second-order valence-electron chi connectivity index (χ2n) is 15.1. The van der Waals surface area contributed by atoms with Crippen molar-refractivity contribution in [2.75, 3.05) is 18.5 Å². The number of allylic oxidation sites excluding steroid dienone is 7. The third kappa shape index (κ3) is 14.8. The molecule has 0 spiro atoms. The lowest BCUT2D eigenvalue weighted by Crippen LogP contribution is -2.07. The van der Waals surface area contributed by atoms with Crippen LogP contribution in [0, 0.1) is 36.5 Å². The molecule has 2 nitrogen and oxygen atoms in total. The van der Waals surface area contributed by atoms with Crippen LogP contribution in [0.5, 0.6) is 5.75 Å². The summed E-state index contributed by atoms with van der Waals surface area (Å²) in [6.07, 6.45) is 25.3. The first-order chi connectivity index (χ1) is 25.4. The fraction of sp³-hybridized carbons (Fsp3) is 0.542. The number of hydrogen-bond acceptors (Lipinski definition) is 2. The van der Waals surface area contributed by atoms with Gasteiger partial charge in [-0.25, -0.2) is 0 Å². The molecule has 0 aliphatic carbocycles. The second-order valence-corrected chi connectivity index (χ2v) is 19.8. The highest BCUT2D eigenvalue weighted by atomic mass is 79.9. The summed E-state index contributed by atoms with van der Waals surface area (Å²) >= 11 is 7.76. The van der Waals surface area contributed by atoms with E-state index in [-0.39, 0.29) is 0 Å². The van der Waals surface area contributed by atoms with Crippen LogP contribution in [0.2, 0.25) is 0 Å². The zero-order valence-corrected chi connectivity index (χ0v) is 38.9. The van der Waals surface area contributed by atoms with Crippen LogP contribution in [-0.4, -0.2) is 18.5 Å². The van der Waals surface area contributed by atoms with Crippen LogP contribution in [0.4, 0.5) is 0 Å². The predicted octanol–water partition coefficient (Wildman–Crippen LogP) is 16.6. The van der Waals surface area contributed by atoms with Gasteiger partial charge < -0.3 is 9.47 Å². The van der Waals surface area contributed by atoms with E-state index in [1.165, 1.54) is 69.3 Å². The van der Waals surface area contributed by atoms with E-state index in [1.54, 1.807) is 6.08 Å². The average molecular weight is 873 g/mol. The van der Waals surface area contributed by atoms with Gasteiger partial charge in [0.05, 0.1) is 23.0 Å². The molecule has 1 heterocycles. The molecule has 1 aliphatic rings. The van der Waals surface area contributed by atoms with Crippen molar-refractivity contribution in [3.05, 3.63) is 92.9 Å². The summed E-state index contributed by atoms with van der Waals surface area (Å²) in [5, 5.41) is 0.688. The lowest BCUT2D eigenvalue weighted by molar-refractivity contribution is 0.193. The summed E-state index contributed by atoms with van der Waals surface area (Å²) in [7, 11) is -1.62. The van der Waals surface area contributed by atoms with E-state index in [0.717, 1.165) is 60.3 Å². The van der Waals surface area contributed by atoms with E-state index in [0.29, 0.717) is 17.2 Å². The average Bonchev–Trinajstić information content (AvgIpc) is 3.36. The van der Waals surface area contributed by atoms with Crippen molar-refractivity contribution >= 4 is 47.5 Å². The summed E-state index contributed by atoms with van der Waals surface area (Å²) in [6, 6.07) is 15.9. The highest BCUT2D eigenvalue weighted by Gasteiger charge is 2.42. The third-order valence-electron chi connectivity index (χ3n) is 9.81. The Balaban J connectivity index is 0.00000267. The minimum Gasteiger partial charge on any atom is -0.497 e. The molecule has 0 saturated heterocycles. The molecule has 0 aromatic heterocycles. The van der Waals surface area contributed by atoms with Gasteiger partial charge in [-0.2, -0.15) is 0 Å². The molecule has 53 heavy (non-hydrogen) atoms. The van der Waals surface area contributed by atoms with Gasteiger partial charge in [-0.3, -0.25) is 0 Å². The molecule has 296 valence electrons. The Morgan fingerprint density at radius 2 is 1.40 bits per heavy atom. The Morgan fingerprint density at radius 1 is 0.849 bits per heavy atom. The number of fused-ring (bicyclic) bond motifs is 1. The van der Waals surface area contributed by atoms with E-state index in [1.807, 2.05) is 6.92 Å². The van der Waals surface area contributed by atoms with E-state index in [2.05, 4.69) is 168 Å². The molecule has 5 heteroatoms. The molecular weight excluding hydrogens is 800 g/mol. The summed E-state index contributed by atoms with van der Waals surface area (Å²) in [6.45, 7) is 27.6. The van der Waals surface area contributed by atoms with Crippen molar-refractivity contribution < 1.29 is 9.47 Å². The molecule has 1 aliphatic heterocycles. The van der Waals surface area contributed by atoms with Crippen LogP contribution in [0.25, 0.3) is 5.57 Å². The smallest absolute Gasteiger partial charge is 0.134 e. The topological polar surface area (TPSA) is 18.5 Å². The van der Waals surface area contributed by atoms with Crippen LogP contribution in [0.3, 0.4) is 0 Å². The lowest BCUT2D eigenvalue weighted by atomic mass is 9.98. The number of halogens is 2. The summed E-state index contributed by atoms with van der Waals surface area (Å²) in [5.41, 5.74) is 2.54. The maximum Gasteiger partial charge on any atom is 0.134 e. The van der Waals surface area contributed by atoms with Crippen LogP contribution in [0.15, 0.2) is 97.1 Å². The molecule has 3 unspecified atom stereocenters. The van der Waals surface area contributed by atoms with Gasteiger partial charge >= 0.3 is 0 Å². The number of rotatable bonds is 21. The van der Waals surface area contributed by atoms with Gasteiger partial charge in [-0.05, 0) is 131 Å². The molecule has 2 aromatic carbocycles. The van der Waals surface area contributed by atoms with Crippen LogP contribution in [-0.2, 0) is 4.74 Å². The molecule has 0 fully saturated rings. The molecule has 0 saturated carbocycles. The zero-order chi connectivity index (χ0) is 40.0. The van der Waals surface area contributed by atoms with E-state index < -0.39 is 10.0 Å². The molecular formula is C48H72Br2O2S. The number of ether oxygens (including phenoxy) is 2. The first-order valence-electron chi connectivity index (χ1n) is 19.9. The largest absolute Gasteiger partial charge is 0.497 e. The summed E-state index contributed by atoms with van der Waals surface area (Å²) < 4.78 is 14.1. The Hall–Kier alpha value is -2.13. The SMILES string of the molecule is C#C.C/C=C(\CC)S1(c2ccccc2)C(C)=C(/C=C(\CBr)OCCC(C)CCCC(C)C)c2cc(OCCC(C)CCCC(C)C)c(Br)cc21.C=CC. The highest BCUT2D eigenvalue weighted by molar-refractivity contribution is 9.10. The van der Waals surface area contributed by atoms with Gasteiger partial charge in [0.15, 0.2) is 0 Å². The molecule has 2 aromatic rings. The quantitative estimate of drug-likeness (QED) is 0.0538. The minimum atomic E-state index is -1.62. The van der Waals surface area contributed by atoms with Crippen LogP contribution in [0.1, 0.15) is 133 Å². The molecule has 0 N–H and O–H groups in total. The Morgan fingerprint density at radius 3 is 1.89 bits per heavy atom. The van der Waals surface area contributed by atoms with Crippen molar-refractivity contribution in [1.82, 2.24) is 0 Å². The zero-order valence-electron chi connectivity index (χ0n) is 34.9. The summed E-state index contributed by atoms with van der Waals surface area (Å²) in [4.78, 5) is 5.68. The molecule has 0 amide bonds. The fourth-order valence-electron chi connectivity index (χ4n) is 6.90. The van der Waals surface area contributed by atoms with E-state index >= 15 is 0 Å². The van der Waals surface area contributed by atoms with Gasteiger partial charge in [0.1, 0.15) is 11.5 Å². The maximum atomic E-state index is 6.56.